The predicted octanol–water partition coefficient (Wildman–Crippen LogP) is 1.07. The second-order valence-electron chi connectivity index (χ2n) is 3.87. The highest BCUT2D eigenvalue weighted by Gasteiger charge is 2.07. The molecule has 0 aliphatic heterocycles. The number of carboxylic acids is 1. The average molecular weight is 293 g/mol. The van der Waals surface area contributed by atoms with Crippen molar-refractivity contribution in [2.24, 2.45) is 0 Å². The van der Waals surface area contributed by atoms with Crippen LogP contribution >= 0.6 is 0 Å². The molecule has 1 rings (SSSR count). The topological polar surface area (TPSA) is 102 Å². The maximum atomic E-state index is 11.6. The molecule has 21 heavy (non-hydrogen) atoms. The molecule has 0 heterocycles. The molecule has 1 aromatic carbocycles. The average Bonchev–Trinajstić information content (AvgIpc) is 2.46. The summed E-state index contributed by atoms with van der Waals surface area (Å²) in [5, 5.41) is 10.8. The molecule has 0 unspecified atom stereocenters. The normalized spacial score (nSPS) is 10.3. The first-order valence-electron chi connectivity index (χ1n) is 6.01. The zero-order chi connectivity index (χ0) is 15.7. The summed E-state index contributed by atoms with van der Waals surface area (Å²) in [6.45, 7) is 0.476. The molecular weight excluding hydrogens is 278 g/mol. The van der Waals surface area contributed by atoms with Gasteiger partial charge in [-0.2, -0.15) is 0 Å². The van der Waals surface area contributed by atoms with Crippen molar-refractivity contribution in [1.29, 1.82) is 0 Å². The van der Waals surface area contributed by atoms with Gasteiger partial charge >= 0.3 is 11.9 Å². The molecule has 1 aromatic rings. The fourth-order valence-electron chi connectivity index (χ4n) is 1.32. The third-order valence-corrected chi connectivity index (χ3v) is 2.29. The lowest BCUT2D eigenvalue weighted by Crippen LogP contribution is -2.11. The Morgan fingerprint density at radius 2 is 1.81 bits per heavy atom. The van der Waals surface area contributed by atoms with Gasteiger partial charge in [0.15, 0.2) is 0 Å². The SMILES string of the molecule is COCCOC(=O)c1ccc(NC(=O)/C=C\C(=O)O)cc1. The van der Waals surface area contributed by atoms with Crippen molar-refractivity contribution in [3.05, 3.63) is 42.0 Å². The van der Waals surface area contributed by atoms with Gasteiger partial charge in [-0.15, -0.1) is 0 Å². The van der Waals surface area contributed by atoms with Gasteiger partial charge in [-0.25, -0.2) is 9.59 Å². The fraction of sp³-hybridized carbons (Fsp3) is 0.214. The highest BCUT2D eigenvalue weighted by Crippen LogP contribution is 2.10. The molecule has 0 fully saturated rings. The molecule has 0 aliphatic carbocycles. The van der Waals surface area contributed by atoms with Gasteiger partial charge in [-0.05, 0) is 24.3 Å². The second kappa shape index (κ2) is 8.49. The van der Waals surface area contributed by atoms with E-state index in [0.717, 1.165) is 12.2 Å². The number of ether oxygens (including phenoxy) is 2. The summed E-state index contributed by atoms with van der Waals surface area (Å²) in [7, 11) is 1.50. The first-order valence-corrected chi connectivity index (χ1v) is 6.01. The Kier molecular flexibility index (Phi) is 6.62. The van der Waals surface area contributed by atoms with Crippen LogP contribution in [0.5, 0.6) is 0 Å². The Labute approximate surface area is 121 Å². The van der Waals surface area contributed by atoms with E-state index >= 15 is 0 Å². The van der Waals surface area contributed by atoms with Crippen molar-refractivity contribution in [3.63, 3.8) is 0 Å². The molecular formula is C14H15NO6. The van der Waals surface area contributed by atoms with Crippen LogP contribution in [0.4, 0.5) is 5.69 Å². The van der Waals surface area contributed by atoms with Crippen molar-refractivity contribution in [1.82, 2.24) is 0 Å². The number of carboxylic acid groups (broad SMARTS) is 1. The van der Waals surface area contributed by atoms with Crippen LogP contribution in [-0.4, -0.2) is 43.3 Å². The number of amides is 1. The number of methoxy groups -OCH3 is 1. The van der Waals surface area contributed by atoms with E-state index in [1.54, 1.807) is 0 Å². The van der Waals surface area contributed by atoms with Gasteiger partial charge in [-0.1, -0.05) is 0 Å². The van der Waals surface area contributed by atoms with Gasteiger partial charge in [0.05, 0.1) is 12.2 Å². The van der Waals surface area contributed by atoms with Crippen molar-refractivity contribution in [2.45, 2.75) is 0 Å². The van der Waals surface area contributed by atoms with Gasteiger partial charge in [-0.3, -0.25) is 4.79 Å². The number of benzene rings is 1. The smallest absolute Gasteiger partial charge is 0.338 e. The zero-order valence-corrected chi connectivity index (χ0v) is 11.4. The Morgan fingerprint density at radius 3 is 2.38 bits per heavy atom. The molecule has 1 amide bonds. The second-order valence-corrected chi connectivity index (χ2v) is 3.87. The van der Waals surface area contributed by atoms with E-state index in [2.05, 4.69) is 5.32 Å². The van der Waals surface area contributed by atoms with Crippen LogP contribution in [0.1, 0.15) is 10.4 Å². The summed E-state index contributed by atoms with van der Waals surface area (Å²) in [4.78, 5) is 33.2. The van der Waals surface area contributed by atoms with Crippen LogP contribution in [0, 0.1) is 0 Å². The summed E-state index contributed by atoms with van der Waals surface area (Å²) >= 11 is 0. The predicted molar refractivity (Wildman–Crippen MR) is 74.0 cm³/mol. The van der Waals surface area contributed by atoms with E-state index in [4.69, 9.17) is 14.6 Å². The molecule has 0 aromatic heterocycles. The van der Waals surface area contributed by atoms with Crippen LogP contribution in [0.3, 0.4) is 0 Å². The lowest BCUT2D eigenvalue weighted by molar-refractivity contribution is -0.131. The van der Waals surface area contributed by atoms with Gasteiger partial charge in [0.2, 0.25) is 5.91 Å². The molecule has 112 valence electrons. The van der Waals surface area contributed by atoms with Crippen molar-refractivity contribution in [2.75, 3.05) is 25.6 Å². The first kappa shape index (κ1) is 16.4. The molecule has 0 saturated carbocycles. The molecule has 7 nitrogen and oxygen atoms in total. The van der Waals surface area contributed by atoms with Crippen LogP contribution in [-0.2, 0) is 19.1 Å². The Bertz CT molecular complexity index is 535. The minimum Gasteiger partial charge on any atom is -0.478 e. The molecule has 2 N–H and O–H groups in total. The monoisotopic (exact) mass is 293 g/mol. The quantitative estimate of drug-likeness (QED) is 0.443. The number of aliphatic carboxylic acids is 1. The van der Waals surface area contributed by atoms with E-state index in [1.807, 2.05) is 0 Å². The van der Waals surface area contributed by atoms with Crippen LogP contribution < -0.4 is 5.32 Å². The Morgan fingerprint density at radius 1 is 1.14 bits per heavy atom. The standard InChI is InChI=1S/C14H15NO6/c1-20-8-9-21-14(19)10-2-4-11(5-3-10)15-12(16)6-7-13(17)18/h2-7H,8-9H2,1H3,(H,15,16)(H,17,18)/b7-6-. The first-order chi connectivity index (χ1) is 10.0. The van der Waals surface area contributed by atoms with Crippen molar-refractivity contribution < 1.29 is 29.0 Å². The lowest BCUT2D eigenvalue weighted by Gasteiger charge is -2.05. The van der Waals surface area contributed by atoms with E-state index in [1.165, 1.54) is 31.4 Å². The molecule has 0 bridgehead atoms. The van der Waals surface area contributed by atoms with Gasteiger partial charge in [0.1, 0.15) is 6.61 Å². The van der Waals surface area contributed by atoms with Crippen molar-refractivity contribution in [3.8, 4) is 0 Å². The highest BCUT2D eigenvalue weighted by atomic mass is 16.6. The van der Waals surface area contributed by atoms with E-state index in [9.17, 15) is 14.4 Å². The number of hydrogen-bond donors (Lipinski definition) is 2. The van der Waals surface area contributed by atoms with Crippen LogP contribution in [0.2, 0.25) is 0 Å². The number of carbonyl (C=O) groups is 3. The fourth-order valence-corrected chi connectivity index (χ4v) is 1.32. The maximum Gasteiger partial charge on any atom is 0.338 e. The summed E-state index contributed by atoms with van der Waals surface area (Å²) in [5.41, 5.74) is 0.772. The molecule has 7 heteroatoms. The third kappa shape index (κ3) is 6.35. The molecule has 0 atom stereocenters. The van der Waals surface area contributed by atoms with Crippen LogP contribution in [0.25, 0.3) is 0 Å². The summed E-state index contributed by atoms with van der Waals surface area (Å²) < 4.78 is 9.68. The third-order valence-electron chi connectivity index (χ3n) is 2.29. The number of hydrogen-bond acceptors (Lipinski definition) is 5. The summed E-state index contributed by atoms with van der Waals surface area (Å²) in [6, 6.07) is 6.01. The maximum absolute atomic E-state index is 11.6. The van der Waals surface area contributed by atoms with Gasteiger partial charge in [0.25, 0.3) is 0 Å². The highest BCUT2D eigenvalue weighted by molar-refractivity contribution is 6.02. The minimum absolute atomic E-state index is 0.161. The number of carbonyl (C=O) groups excluding carboxylic acids is 2. The lowest BCUT2D eigenvalue weighted by atomic mass is 10.2. The number of nitrogens with one attached hydrogen (secondary N) is 1. The van der Waals surface area contributed by atoms with Crippen molar-refractivity contribution >= 4 is 23.5 Å². The molecule has 0 aliphatic rings. The van der Waals surface area contributed by atoms with Gasteiger partial charge < -0.3 is 19.9 Å². The van der Waals surface area contributed by atoms with Gasteiger partial charge in [0, 0.05) is 24.9 Å². The molecule has 0 saturated heterocycles. The Balaban J connectivity index is 2.55. The van der Waals surface area contributed by atoms with E-state index < -0.39 is 17.8 Å². The number of rotatable bonds is 7. The number of esters is 1. The summed E-state index contributed by atoms with van der Waals surface area (Å²) in [6.07, 6.45) is 1.63. The van der Waals surface area contributed by atoms with E-state index in [-0.39, 0.29) is 6.61 Å². The Hall–Kier alpha value is -2.67. The van der Waals surface area contributed by atoms with E-state index in [0.29, 0.717) is 17.9 Å². The van der Waals surface area contributed by atoms with Crippen LogP contribution in [0.15, 0.2) is 36.4 Å². The minimum atomic E-state index is -1.21. The molecule has 0 radical (unpaired) electrons. The number of anilines is 1. The molecule has 0 spiro atoms. The zero-order valence-electron chi connectivity index (χ0n) is 11.4. The summed E-state index contributed by atoms with van der Waals surface area (Å²) in [5.74, 6) is -2.28. The largest absolute Gasteiger partial charge is 0.478 e.